The molecule has 4 aliphatic carbocycles. The van der Waals surface area contributed by atoms with E-state index in [1.165, 1.54) is 83.5 Å². The fraction of sp³-hybridized carbons (Fsp3) is 0.0959. The lowest BCUT2D eigenvalue weighted by Gasteiger charge is -2.48. The summed E-state index contributed by atoms with van der Waals surface area (Å²) in [4.78, 5) is 2.51. The van der Waals surface area contributed by atoms with E-state index < -0.39 is 5.41 Å². The van der Waals surface area contributed by atoms with Crippen LogP contribution in [-0.4, -0.2) is 6.10 Å². The minimum atomic E-state index is -0.555. The van der Waals surface area contributed by atoms with Gasteiger partial charge in [-0.25, -0.2) is 0 Å². The molecule has 5 aliphatic rings. The fourth-order valence-electron chi connectivity index (χ4n) is 13.0. The largest absolute Gasteiger partial charge is 0.485 e. The van der Waals surface area contributed by atoms with Gasteiger partial charge in [-0.15, -0.1) is 0 Å². The first-order valence-electron chi connectivity index (χ1n) is 26.5. The molecule has 9 aromatic rings. The second kappa shape index (κ2) is 17.9. The van der Waals surface area contributed by atoms with Crippen molar-refractivity contribution >= 4 is 22.6 Å². The lowest BCUT2D eigenvalue weighted by atomic mass is 9.62. The first-order chi connectivity index (χ1) is 37.0. The van der Waals surface area contributed by atoms with Crippen molar-refractivity contribution < 1.29 is 4.74 Å². The number of fused-ring (bicyclic) bond motifs is 5. The van der Waals surface area contributed by atoms with Gasteiger partial charge >= 0.3 is 0 Å². The molecular weight excluding hydrogens is 907 g/mol. The van der Waals surface area contributed by atoms with E-state index in [4.69, 9.17) is 4.74 Å². The van der Waals surface area contributed by atoms with E-state index in [0.29, 0.717) is 5.92 Å². The van der Waals surface area contributed by atoms with Crippen LogP contribution in [0.2, 0.25) is 0 Å². The Hall–Kier alpha value is -8.98. The van der Waals surface area contributed by atoms with Crippen LogP contribution in [0, 0.1) is 17.3 Å². The van der Waals surface area contributed by atoms with Crippen LogP contribution in [0.5, 0.6) is 0 Å². The summed E-state index contributed by atoms with van der Waals surface area (Å²) in [6.07, 6.45) is 18.4. The number of allylic oxidation sites excluding steroid dienone is 8. The minimum Gasteiger partial charge on any atom is -0.485 e. The van der Waals surface area contributed by atoms with Gasteiger partial charge in [0.05, 0.1) is 16.5 Å². The van der Waals surface area contributed by atoms with Gasteiger partial charge < -0.3 is 9.64 Å². The summed E-state index contributed by atoms with van der Waals surface area (Å²) < 4.78 is 6.81. The van der Waals surface area contributed by atoms with Gasteiger partial charge in [-0.3, -0.25) is 0 Å². The summed E-state index contributed by atoms with van der Waals surface area (Å²) in [5.74, 6) is 1.47. The molecule has 0 radical (unpaired) electrons. The van der Waals surface area contributed by atoms with Crippen LogP contribution in [0.1, 0.15) is 41.7 Å². The Morgan fingerprint density at radius 3 is 1.77 bits per heavy atom. The normalized spacial score (nSPS) is 20.2. The molecule has 14 rings (SSSR count). The highest BCUT2D eigenvalue weighted by Gasteiger charge is 2.49. The maximum atomic E-state index is 6.81. The van der Waals surface area contributed by atoms with Crippen LogP contribution in [0.4, 0.5) is 17.1 Å². The van der Waals surface area contributed by atoms with E-state index in [1.54, 1.807) is 0 Å². The molecule has 4 atom stereocenters. The molecule has 0 spiro atoms. The number of ether oxygens (including phenoxy) is 1. The summed E-state index contributed by atoms with van der Waals surface area (Å²) in [7, 11) is 0. The van der Waals surface area contributed by atoms with Crippen LogP contribution in [-0.2, 0) is 10.2 Å². The number of para-hydroxylation sites is 1. The Morgan fingerprint density at radius 2 is 1.05 bits per heavy atom. The summed E-state index contributed by atoms with van der Waals surface area (Å²) in [6, 6.07) is 85.2. The van der Waals surface area contributed by atoms with Gasteiger partial charge in [-0.2, -0.15) is 0 Å². The highest BCUT2D eigenvalue weighted by atomic mass is 16.5. The monoisotopic (exact) mass is 961 g/mol. The van der Waals surface area contributed by atoms with E-state index in [-0.39, 0.29) is 17.4 Å². The van der Waals surface area contributed by atoms with Crippen molar-refractivity contribution in [3.63, 3.8) is 0 Å². The summed E-state index contributed by atoms with van der Waals surface area (Å²) in [5, 5.41) is 0. The average molecular weight is 962 g/mol. The van der Waals surface area contributed by atoms with Crippen molar-refractivity contribution in [2.24, 2.45) is 17.3 Å². The molecule has 358 valence electrons. The minimum absolute atomic E-state index is 0.0841. The van der Waals surface area contributed by atoms with Gasteiger partial charge in [0.25, 0.3) is 0 Å². The van der Waals surface area contributed by atoms with E-state index in [0.717, 1.165) is 28.4 Å². The molecule has 0 bridgehead atoms. The Bertz CT molecular complexity index is 3840. The van der Waals surface area contributed by atoms with Crippen LogP contribution in [0.3, 0.4) is 0 Å². The van der Waals surface area contributed by atoms with Crippen molar-refractivity contribution in [2.45, 2.75) is 25.4 Å². The smallest absolute Gasteiger partial charge is 0.130 e. The average Bonchev–Trinajstić information content (AvgIpc) is 3.89. The second-order valence-corrected chi connectivity index (χ2v) is 20.9. The maximum Gasteiger partial charge on any atom is 0.130 e. The number of hydrogen-bond acceptors (Lipinski definition) is 2. The Morgan fingerprint density at radius 1 is 0.467 bits per heavy atom. The topological polar surface area (TPSA) is 12.5 Å². The highest BCUT2D eigenvalue weighted by Crippen LogP contribution is 2.59. The first-order valence-corrected chi connectivity index (χ1v) is 26.5. The standard InChI is InChI=1S/C73H55NO/c1-49-34-43-69-71-63(49)46-54(47-67(71)72(2)44-20-19-33-70(72)75-69)60-29-16-18-32-68(60)74(57-38-35-50(36-39-57)53-37-41-59(51-21-7-3-8-22-51)64(45-53)52-23-9-4-10-24-52)58-40-42-62-61-30-15-17-31-65(61)73(66(62)48-58,55-25-11-5-12-26-55)56-27-13-6-14-28-56/h3-49,63,70H,1-2H3. The molecule has 2 heteroatoms. The van der Waals surface area contributed by atoms with Crippen LogP contribution < -0.4 is 4.90 Å². The van der Waals surface area contributed by atoms with Gasteiger partial charge in [0.1, 0.15) is 11.9 Å². The summed E-state index contributed by atoms with van der Waals surface area (Å²) in [6.45, 7) is 4.70. The third-order valence-corrected chi connectivity index (χ3v) is 16.7. The zero-order valence-corrected chi connectivity index (χ0v) is 42.1. The van der Waals surface area contributed by atoms with Gasteiger partial charge in [0.2, 0.25) is 0 Å². The summed E-state index contributed by atoms with van der Waals surface area (Å²) in [5.41, 5.74) is 22.3. The summed E-state index contributed by atoms with van der Waals surface area (Å²) >= 11 is 0. The second-order valence-electron chi connectivity index (χ2n) is 20.9. The Kier molecular flexibility index (Phi) is 10.7. The number of anilines is 3. The molecule has 0 aromatic heterocycles. The zero-order valence-electron chi connectivity index (χ0n) is 42.1. The van der Waals surface area contributed by atoms with Gasteiger partial charge in [-0.05, 0) is 145 Å². The third kappa shape index (κ3) is 7.15. The molecule has 4 unspecified atom stereocenters. The lowest BCUT2D eigenvalue weighted by molar-refractivity contribution is 0.0748. The molecular formula is C73H55NO. The molecule has 0 saturated carbocycles. The van der Waals surface area contributed by atoms with E-state index in [9.17, 15) is 0 Å². The van der Waals surface area contributed by atoms with Crippen molar-refractivity contribution in [3.05, 3.63) is 324 Å². The quantitative estimate of drug-likeness (QED) is 0.143. The zero-order chi connectivity index (χ0) is 50.1. The molecule has 1 aliphatic heterocycles. The first kappa shape index (κ1) is 44.7. The fourth-order valence-corrected chi connectivity index (χ4v) is 13.0. The molecule has 0 fully saturated rings. The molecule has 2 nitrogen and oxygen atoms in total. The van der Waals surface area contributed by atoms with E-state index >= 15 is 0 Å². The van der Waals surface area contributed by atoms with Crippen LogP contribution >= 0.6 is 0 Å². The van der Waals surface area contributed by atoms with E-state index in [2.05, 4.69) is 298 Å². The van der Waals surface area contributed by atoms with Crippen LogP contribution in [0.15, 0.2) is 296 Å². The maximum absolute atomic E-state index is 6.81. The number of hydrogen-bond donors (Lipinski definition) is 0. The highest BCUT2D eigenvalue weighted by molar-refractivity contribution is 5.94. The molecule has 75 heavy (non-hydrogen) atoms. The predicted molar refractivity (Wildman–Crippen MR) is 311 cm³/mol. The lowest BCUT2D eigenvalue weighted by Crippen LogP contribution is -2.42. The predicted octanol–water partition coefficient (Wildman–Crippen LogP) is 18.5. The number of rotatable bonds is 9. The molecule has 0 amide bonds. The van der Waals surface area contributed by atoms with E-state index in [1.807, 2.05) is 0 Å². The Balaban J connectivity index is 0.970. The Labute approximate surface area is 441 Å². The molecule has 0 N–H and O–H groups in total. The molecule has 1 heterocycles. The number of benzene rings is 9. The molecule has 9 aromatic carbocycles. The number of nitrogens with zero attached hydrogens (tertiary/aromatic N) is 1. The van der Waals surface area contributed by atoms with Crippen LogP contribution in [0.25, 0.3) is 50.1 Å². The SMILES string of the molecule is CC1C=CC2=C3C(=CC(c4ccccc4N(c4ccc(-c5ccc(-c6ccccc6)c(-c6ccccc6)c5)cc4)c4ccc5c(c4)C(c4ccccc4)(c4ccccc4)c4ccccc4-5)=CC31)C1(C)C=CC=CC1O2. The third-order valence-electron chi connectivity index (χ3n) is 16.7. The molecule has 0 saturated heterocycles. The van der Waals surface area contributed by atoms with Crippen molar-refractivity contribution in [1.29, 1.82) is 0 Å². The van der Waals surface area contributed by atoms with Gasteiger partial charge in [0, 0.05) is 28.4 Å². The van der Waals surface area contributed by atoms with Gasteiger partial charge in [-0.1, -0.05) is 231 Å². The van der Waals surface area contributed by atoms with Crippen molar-refractivity contribution in [1.82, 2.24) is 0 Å². The van der Waals surface area contributed by atoms with Crippen molar-refractivity contribution in [3.8, 4) is 44.5 Å². The van der Waals surface area contributed by atoms with Gasteiger partial charge in [0.15, 0.2) is 0 Å². The van der Waals surface area contributed by atoms with Crippen molar-refractivity contribution in [2.75, 3.05) is 4.90 Å².